The van der Waals surface area contributed by atoms with Crippen LogP contribution in [0.2, 0.25) is 0 Å². The number of ether oxygens (including phenoxy) is 6. The van der Waals surface area contributed by atoms with E-state index in [1.807, 2.05) is 18.2 Å². The van der Waals surface area contributed by atoms with Gasteiger partial charge in [0, 0.05) is 24.1 Å². The number of amides is 1. The van der Waals surface area contributed by atoms with Crippen LogP contribution >= 0.6 is 0 Å². The van der Waals surface area contributed by atoms with Crippen LogP contribution in [0.5, 0.6) is 34.5 Å². The van der Waals surface area contributed by atoms with Crippen LogP contribution in [0.4, 0.5) is 0 Å². The molecule has 0 fully saturated rings. The Morgan fingerprint density at radius 1 is 0.694 bits per heavy atom. The molecule has 0 saturated carbocycles. The maximum atomic E-state index is 13.3. The van der Waals surface area contributed by atoms with E-state index in [9.17, 15) is 9.59 Å². The van der Waals surface area contributed by atoms with Crippen molar-refractivity contribution in [1.29, 1.82) is 0 Å². The van der Waals surface area contributed by atoms with Gasteiger partial charge in [0.25, 0.3) is 0 Å². The topological polar surface area (TPSA) is 102 Å². The average molecular weight is 487 g/mol. The molecule has 0 bridgehead atoms. The van der Waals surface area contributed by atoms with Crippen LogP contribution in [-0.4, -0.2) is 32.1 Å². The van der Waals surface area contributed by atoms with E-state index in [-0.39, 0.29) is 45.0 Å². The smallest absolute Gasteiger partial charge is 0.247 e. The Balaban J connectivity index is 1.23. The Morgan fingerprint density at radius 3 is 2.00 bits per heavy atom. The molecule has 36 heavy (non-hydrogen) atoms. The van der Waals surface area contributed by atoms with Gasteiger partial charge in [-0.15, -0.1) is 0 Å². The molecular weight excluding hydrogens is 466 g/mol. The van der Waals surface area contributed by atoms with Gasteiger partial charge in [-0.2, -0.15) is 0 Å². The lowest BCUT2D eigenvalue weighted by molar-refractivity contribution is -0.117. The minimum absolute atomic E-state index is 0.110. The van der Waals surface area contributed by atoms with E-state index in [4.69, 9.17) is 28.4 Å². The van der Waals surface area contributed by atoms with Crippen molar-refractivity contribution in [3.63, 3.8) is 0 Å². The van der Waals surface area contributed by atoms with Crippen LogP contribution in [0.25, 0.3) is 6.08 Å². The van der Waals surface area contributed by atoms with E-state index in [1.165, 1.54) is 0 Å². The second-order valence-electron chi connectivity index (χ2n) is 8.32. The standard InChI is InChI=1S/C27H21NO8/c29-20(18-3-6-23-26(11-18)36-15-33-23)10-19(7-16-1-4-21-24(8-16)34-13-31-21)27(30)28-12-17-2-5-22-25(9-17)35-14-32-22/h1-9,11H,10,12-15H2,(H,28,30)/b19-7-. The second kappa shape index (κ2) is 9.18. The number of hydrogen-bond acceptors (Lipinski definition) is 8. The molecule has 182 valence electrons. The van der Waals surface area contributed by atoms with Crippen molar-refractivity contribution in [3.8, 4) is 34.5 Å². The fourth-order valence-corrected chi connectivity index (χ4v) is 4.09. The summed E-state index contributed by atoms with van der Waals surface area (Å²) in [5.41, 5.74) is 2.29. The van der Waals surface area contributed by atoms with Crippen LogP contribution in [0.1, 0.15) is 27.9 Å². The summed E-state index contributed by atoms with van der Waals surface area (Å²) in [5, 5.41) is 2.90. The third-order valence-electron chi connectivity index (χ3n) is 5.96. The van der Waals surface area contributed by atoms with Crippen LogP contribution in [-0.2, 0) is 11.3 Å². The molecule has 3 aliphatic heterocycles. The van der Waals surface area contributed by atoms with Crippen molar-refractivity contribution in [2.45, 2.75) is 13.0 Å². The SMILES string of the molecule is O=C(NCc1ccc2c(c1)OCO2)/C(=C\c1ccc2c(c1)OCO2)CC(=O)c1ccc2c(c1)OCO2. The normalized spacial score (nSPS) is 14.6. The Hall–Kier alpha value is -4.66. The van der Waals surface area contributed by atoms with E-state index in [2.05, 4.69) is 5.32 Å². The van der Waals surface area contributed by atoms with Gasteiger partial charge in [-0.1, -0.05) is 12.1 Å². The first-order valence-electron chi connectivity index (χ1n) is 11.3. The molecule has 6 rings (SSSR count). The Bertz CT molecular complexity index is 1400. The monoisotopic (exact) mass is 487 g/mol. The number of rotatable bonds is 7. The first-order valence-corrected chi connectivity index (χ1v) is 11.3. The quantitative estimate of drug-likeness (QED) is 0.396. The van der Waals surface area contributed by atoms with Gasteiger partial charge < -0.3 is 33.7 Å². The molecule has 0 spiro atoms. The predicted molar refractivity (Wildman–Crippen MR) is 126 cm³/mol. The molecule has 0 atom stereocenters. The van der Waals surface area contributed by atoms with Crippen molar-refractivity contribution >= 4 is 17.8 Å². The maximum absolute atomic E-state index is 13.3. The summed E-state index contributed by atoms with van der Waals surface area (Å²) in [6, 6.07) is 15.8. The summed E-state index contributed by atoms with van der Waals surface area (Å²) in [4.78, 5) is 26.4. The van der Waals surface area contributed by atoms with Gasteiger partial charge in [0.2, 0.25) is 26.3 Å². The summed E-state index contributed by atoms with van der Waals surface area (Å²) in [6.07, 6.45) is 1.57. The number of hydrogen-bond donors (Lipinski definition) is 1. The molecule has 0 aromatic heterocycles. The lowest BCUT2D eigenvalue weighted by Gasteiger charge is -2.11. The molecular formula is C27H21NO8. The summed E-state index contributed by atoms with van der Waals surface area (Å²) >= 11 is 0. The van der Waals surface area contributed by atoms with Gasteiger partial charge in [0.15, 0.2) is 40.3 Å². The molecule has 0 aliphatic carbocycles. The Kier molecular flexibility index (Phi) is 5.57. The molecule has 1 N–H and O–H groups in total. The van der Waals surface area contributed by atoms with E-state index in [1.54, 1.807) is 42.5 Å². The van der Waals surface area contributed by atoms with Crippen molar-refractivity contribution in [2.24, 2.45) is 0 Å². The van der Waals surface area contributed by atoms with Gasteiger partial charge >= 0.3 is 0 Å². The van der Waals surface area contributed by atoms with E-state index in [0.29, 0.717) is 51.2 Å². The van der Waals surface area contributed by atoms with Crippen molar-refractivity contribution < 1.29 is 38.0 Å². The van der Waals surface area contributed by atoms with E-state index >= 15 is 0 Å². The molecule has 3 aromatic rings. The molecule has 3 aliphatic rings. The number of ketones is 1. The van der Waals surface area contributed by atoms with Gasteiger partial charge in [-0.25, -0.2) is 0 Å². The molecule has 0 unspecified atom stereocenters. The first-order chi connectivity index (χ1) is 17.6. The highest BCUT2D eigenvalue weighted by Crippen LogP contribution is 2.35. The number of fused-ring (bicyclic) bond motifs is 3. The first kappa shape index (κ1) is 21.8. The molecule has 0 radical (unpaired) electrons. The van der Waals surface area contributed by atoms with Crippen molar-refractivity contribution in [1.82, 2.24) is 5.32 Å². The predicted octanol–water partition coefficient (Wildman–Crippen LogP) is 3.85. The van der Waals surface area contributed by atoms with Gasteiger partial charge in [0.1, 0.15) is 0 Å². The Morgan fingerprint density at radius 2 is 1.28 bits per heavy atom. The van der Waals surface area contributed by atoms with Gasteiger partial charge in [-0.05, 0) is 59.7 Å². The highest BCUT2D eigenvalue weighted by atomic mass is 16.7. The Labute approximate surface area is 206 Å². The summed E-state index contributed by atoms with van der Waals surface area (Å²) < 4.78 is 32.3. The summed E-state index contributed by atoms with van der Waals surface area (Å²) in [7, 11) is 0. The molecule has 1 amide bonds. The summed E-state index contributed by atoms with van der Waals surface area (Å²) in [5.74, 6) is 3.04. The van der Waals surface area contributed by atoms with E-state index < -0.39 is 0 Å². The third-order valence-corrected chi connectivity index (χ3v) is 5.96. The minimum Gasteiger partial charge on any atom is -0.454 e. The molecule has 9 nitrogen and oxygen atoms in total. The van der Waals surface area contributed by atoms with E-state index in [0.717, 1.165) is 5.56 Å². The molecule has 3 aromatic carbocycles. The van der Waals surface area contributed by atoms with Gasteiger partial charge in [-0.3, -0.25) is 9.59 Å². The number of carbonyl (C=O) groups excluding carboxylic acids is 2. The largest absolute Gasteiger partial charge is 0.454 e. The lowest BCUT2D eigenvalue weighted by Crippen LogP contribution is -2.25. The molecule has 3 heterocycles. The van der Waals surface area contributed by atoms with Crippen LogP contribution in [0.15, 0.2) is 60.2 Å². The van der Waals surface area contributed by atoms with Crippen LogP contribution < -0.4 is 33.7 Å². The molecule has 9 heteroatoms. The average Bonchev–Trinajstić information content (AvgIpc) is 3.66. The number of carbonyl (C=O) groups is 2. The third kappa shape index (κ3) is 4.38. The van der Waals surface area contributed by atoms with Crippen molar-refractivity contribution in [3.05, 3.63) is 76.9 Å². The fraction of sp³-hybridized carbons (Fsp3) is 0.185. The molecule has 0 saturated heterocycles. The van der Waals surface area contributed by atoms with Crippen LogP contribution in [0.3, 0.4) is 0 Å². The highest BCUT2D eigenvalue weighted by Gasteiger charge is 2.21. The minimum atomic E-state index is -0.362. The zero-order chi connectivity index (χ0) is 24.5. The number of Topliss-reactive ketones (excluding diaryl/α,β-unsaturated/α-hetero) is 1. The number of nitrogens with one attached hydrogen (secondary N) is 1. The zero-order valence-corrected chi connectivity index (χ0v) is 19.1. The van der Waals surface area contributed by atoms with Crippen molar-refractivity contribution in [2.75, 3.05) is 20.4 Å². The number of benzene rings is 3. The maximum Gasteiger partial charge on any atom is 0.247 e. The van der Waals surface area contributed by atoms with Gasteiger partial charge in [0.05, 0.1) is 0 Å². The van der Waals surface area contributed by atoms with Crippen LogP contribution in [0, 0.1) is 0 Å². The summed E-state index contributed by atoms with van der Waals surface area (Å²) in [6.45, 7) is 0.695. The highest BCUT2D eigenvalue weighted by molar-refractivity contribution is 6.07. The second-order valence-corrected chi connectivity index (χ2v) is 8.32. The zero-order valence-electron chi connectivity index (χ0n) is 19.1. The fourth-order valence-electron chi connectivity index (χ4n) is 4.09. The lowest BCUT2D eigenvalue weighted by atomic mass is 9.99.